The second kappa shape index (κ2) is 5.49. The van der Waals surface area contributed by atoms with E-state index in [1.54, 1.807) is 0 Å². The highest BCUT2D eigenvalue weighted by atomic mass is 32.1. The van der Waals surface area contributed by atoms with E-state index in [-0.39, 0.29) is 5.91 Å². The van der Waals surface area contributed by atoms with Gasteiger partial charge in [-0.3, -0.25) is 4.79 Å². The Balaban J connectivity index is 1.96. The zero-order valence-electron chi connectivity index (χ0n) is 10.5. The fourth-order valence-electron chi connectivity index (χ4n) is 2.35. The van der Waals surface area contributed by atoms with Gasteiger partial charge in [0.1, 0.15) is 10.4 Å². The first-order chi connectivity index (χ1) is 8.66. The molecule has 18 heavy (non-hydrogen) atoms. The smallest absolute Gasteiger partial charge is 0.240 e. The number of hydrogen-bond acceptors (Lipinski definition) is 4. The average molecular weight is 263 g/mol. The van der Waals surface area contributed by atoms with E-state index >= 15 is 0 Å². The van der Waals surface area contributed by atoms with Crippen LogP contribution in [0.3, 0.4) is 0 Å². The molecule has 96 valence electrons. The molecule has 0 aliphatic heterocycles. The maximum atomic E-state index is 12.2. The lowest BCUT2D eigenvalue weighted by atomic mass is 9.74. The summed E-state index contributed by atoms with van der Waals surface area (Å²) in [5.74, 6) is -0.127. The molecular weight excluding hydrogens is 246 g/mol. The summed E-state index contributed by atoms with van der Waals surface area (Å²) in [6.07, 6.45) is 4.44. The van der Waals surface area contributed by atoms with Crippen molar-refractivity contribution < 1.29 is 4.79 Å². The van der Waals surface area contributed by atoms with Crippen LogP contribution in [0, 0.1) is 23.7 Å². The molecule has 1 N–H and O–H groups in total. The normalized spacial score (nSPS) is 18.0. The first-order valence-electron chi connectivity index (χ1n) is 6.27. The molecule has 1 fully saturated rings. The Morgan fingerprint density at radius 2 is 2.28 bits per heavy atom. The Bertz CT molecular complexity index is 469. The summed E-state index contributed by atoms with van der Waals surface area (Å²) in [4.78, 5) is 16.5. The van der Waals surface area contributed by atoms with Crippen LogP contribution in [0.15, 0.2) is 5.38 Å². The Hall–Kier alpha value is -1.41. The number of carbonyl (C=O) groups excluding carboxylic acids is 1. The number of aryl methyl sites for hydroxylation is 1. The predicted octanol–water partition coefficient (Wildman–Crippen LogP) is 2.54. The third-order valence-corrected chi connectivity index (χ3v) is 4.39. The molecule has 0 unspecified atom stereocenters. The Labute approximate surface area is 111 Å². The minimum absolute atomic E-state index is 0.127. The first kappa shape index (κ1) is 13.0. The summed E-state index contributed by atoms with van der Waals surface area (Å²) in [6, 6.07) is 2.23. The van der Waals surface area contributed by atoms with Gasteiger partial charge in [0.05, 0.1) is 12.6 Å². The summed E-state index contributed by atoms with van der Waals surface area (Å²) in [7, 11) is 0. The average Bonchev–Trinajstić information content (AvgIpc) is 2.82. The summed E-state index contributed by atoms with van der Waals surface area (Å²) in [6.45, 7) is 2.36. The van der Waals surface area contributed by atoms with Gasteiger partial charge < -0.3 is 5.32 Å². The number of nitrogens with zero attached hydrogens (tertiary/aromatic N) is 2. The Morgan fingerprint density at radius 1 is 1.56 bits per heavy atom. The summed E-state index contributed by atoms with van der Waals surface area (Å²) >= 11 is 1.54. The Morgan fingerprint density at radius 3 is 2.83 bits per heavy atom. The molecule has 1 aromatic rings. The van der Waals surface area contributed by atoms with E-state index in [1.807, 2.05) is 12.3 Å². The second-order valence-electron chi connectivity index (χ2n) is 4.82. The molecule has 1 aliphatic rings. The highest BCUT2D eigenvalue weighted by Gasteiger charge is 2.39. The van der Waals surface area contributed by atoms with Crippen LogP contribution in [0.4, 0.5) is 0 Å². The van der Waals surface area contributed by atoms with Gasteiger partial charge in [0.2, 0.25) is 5.91 Å². The van der Waals surface area contributed by atoms with Crippen LogP contribution in [-0.2, 0) is 11.3 Å². The predicted molar refractivity (Wildman–Crippen MR) is 69.8 cm³/mol. The molecule has 0 atom stereocenters. The highest BCUT2D eigenvalue weighted by molar-refractivity contribution is 7.09. The molecule has 4 nitrogen and oxygen atoms in total. The molecule has 1 aliphatic carbocycles. The van der Waals surface area contributed by atoms with Gasteiger partial charge >= 0.3 is 0 Å². The van der Waals surface area contributed by atoms with Gasteiger partial charge in [0.15, 0.2) is 0 Å². The maximum absolute atomic E-state index is 12.2. The van der Waals surface area contributed by atoms with Gasteiger partial charge in [-0.05, 0) is 19.8 Å². The molecule has 1 heterocycles. The molecule has 1 aromatic heterocycles. The van der Waals surface area contributed by atoms with Crippen molar-refractivity contribution in [2.45, 2.75) is 45.6 Å². The molecule has 0 radical (unpaired) electrons. The van der Waals surface area contributed by atoms with Gasteiger partial charge in [-0.1, -0.05) is 19.3 Å². The van der Waals surface area contributed by atoms with Crippen molar-refractivity contribution >= 4 is 17.2 Å². The standard InChI is InChI=1S/C13H17N3OS/c1-10-8-18-11(16-10)7-15-12(17)13(9-14)5-3-2-4-6-13/h8H,2-7H2,1H3,(H,15,17). The van der Waals surface area contributed by atoms with Crippen LogP contribution < -0.4 is 5.32 Å². The van der Waals surface area contributed by atoms with Crippen LogP contribution in [0.1, 0.15) is 42.8 Å². The Kier molecular flexibility index (Phi) is 3.97. The zero-order chi connectivity index (χ0) is 13.0. The zero-order valence-corrected chi connectivity index (χ0v) is 11.3. The molecule has 5 heteroatoms. The van der Waals surface area contributed by atoms with E-state index in [4.69, 9.17) is 0 Å². The summed E-state index contributed by atoms with van der Waals surface area (Å²) < 4.78 is 0. The van der Waals surface area contributed by atoms with Crippen LogP contribution in [-0.4, -0.2) is 10.9 Å². The monoisotopic (exact) mass is 263 g/mol. The molecule has 1 amide bonds. The van der Waals surface area contributed by atoms with Crippen molar-refractivity contribution in [3.63, 3.8) is 0 Å². The van der Waals surface area contributed by atoms with Crippen molar-refractivity contribution in [3.05, 3.63) is 16.1 Å². The lowest BCUT2D eigenvalue weighted by molar-refractivity contribution is -0.129. The van der Waals surface area contributed by atoms with E-state index in [2.05, 4.69) is 16.4 Å². The molecule has 0 aromatic carbocycles. The van der Waals surface area contributed by atoms with Crippen molar-refractivity contribution in [2.24, 2.45) is 5.41 Å². The molecule has 0 bridgehead atoms. The van der Waals surface area contributed by atoms with Gasteiger partial charge in [-0.25, -0.2) is 4.98 Å². The molecule has 2 rings (SSSR count). The molecule has 0 saturated heterocycles. The van der Waals surface area contributed by atoms with Crippen molar-refractivity contribution in [1.82, 2.24) is 10.3 Å². The van der Waals surface area contributed by atoms with E-state index in [9.17, 15) is 10.1 Å². The summed E-state index contributed by atoms with van der Waals surface area (Å²) in [5, 5.41) is 15.0. The number of rotatable bonds is 3. The van der Waals surface area contributed by atoms with E-state index in [1.165, 1.54) is 11.3 Å². The molecular formula is C13H17N3OS. The van der Waals surface area contributed by atoms with Gasteiger partial charge in [-0.15, -0.1) is 11.3 Å². The summed E-state index contributed by atoms with van der Waals surface area (Å²) in [5.41, 5.74) is 0.168. The number of nitriles is 1. The number of nitrogens with one attached hydrogen (secondary N) is 1. The number of carbonyl (C=O) groups is 1. The number of amides is 1. The van der Waals surface area contributed by atoms with Crippen molar-refractivity contribution in [1.29, 1.82) is 5.26 Å². The fraction of sp³-hybridized carbons (Fsp3) is 0.615. The second-order valence-corrected chi connectivity index (χ2v) is 5.76. The minimum Gasteiger partial charge on any atom is -0.348 e. The fourth-order valence-corrected chi connectivity index (χ4v) is 3.07. The quantitative estimate of drug-likeness (QED) is 0.911. The number of thiazole rings is 1. The van der Waals surface area contributed by atoms with Gasteiger partial charge in [-0.2, -0.15) is 5.26 Å². The molecule has 1 saturated carbocycles. The lowest BCUT2D eigenvalue weighted by Crippen LogP contribution is -2.41. The van der Waals surface area contributed by atoms with Crippen LogP contribution in [0.2, 0.25) is 0 Å². The number of hydrogen-bond donors (Lipinski definition) is 1. The SMILES string of the molecule is Cc1csc(CNC(=O)C2(C#N)CCCCC2)n1. The topological polar surface area (TPSA) is 65.8 Å². The lowest BCUT2D eigenvalue weighted by Gasteiger charge is -2.28. The first-order valence-corrected chi connectivity index (χ1v) is 7.15. The van der Waals surface area contributed by atoms with Gasteiger partial charge in [0, 0.05) is 11.1 Å². The van der Waals surface area contributed by atoms with Crippen LogP contribution in [0.25, 0.3) is 0 Å². The van der Waals surface area contributed by atoms with Crippen LogP contribution in [0.5, 0.6) is 0 Å². The van der Waals surface area contributed by atoms with E-state index in [0.29, 0.717) is 19.4 Å². The highest BCUT2D eigenvalue weighted by Crippen LogP contribution is 2.35. The number of aromatic nitrogens is 1. The largest absolute Gasteiger partial charge is 0.348 e. The van der Waals surface area contributed by atoms with E-state index < -0.39 is 5.41 Å². The maximum Gasteiger partial charge on any atom is 0.240 e. The molecule has 0 spiro atoms. The van der Waals surface area contributed by atoms with Crippen molar-refractivity contribution in [3.8, 4) is 6.07 Å². The van der Waals surface area contributed by atoms with Crippen molar-refractivity contribution in [2.75, 3.05) is 0 Å². The third-order valence-electron chi connectivity index (χ3n) is 3.42. The third kappa shape index (κ3) is 2.70. The minimum atomic E-state index is -0.801. The van der Waals surface area contributed by atoms with Crippen LogP contribution >= 0.6 is 11.3 Å². The van der Waals surface area contributed by atoms with Gasteiger partial charge in [0.25, 0.3) is 0 Å². The van der Waals surface area contributed by atoms with E-state index in [0.717, 1.165) is 30.0 Å².